The first-order valence-electron chi connectivity index (χ1n) is 8.93. The lowest BCUT2D eigenvalue weighted by Crippen LogP contribution is -2.48. The largest absolute Gasteiger partial charge is 0.416 e. The minimum Gasteiger partial charge on any atom is -0.337 e. The van der Waals surface area contributed by atoms with Gasteiger partial charge in [-0.3, -0.25) is 9.69 Å². The predicted octanol–water partition coefficient (Wildman–Crippen LogP) is 3.51. The summed E-state index contributed by atoms with van der Waals surface area (Å²) in [5.74, 6) is -0.389. The van der Waals surface area contributed by atoms with Gasteiger partial charge < -0.3 is 9.84 Å². The molecule has 3 amide bonds. The number of aromatic nitrogens is 2. The maximum Gasteiger partial charge on any atom is 0.416 e. The van der Waals surface area contributed by atoms with Crippen molar-refractivity contribution in [2.75, 3.05) is 0 Å². The Labute approximate surface area is 157 Å². The van der Waals surface area contributed by atoms with Crippen LogP contribution in [-0.2, 0) is 17.5 Å². The van der Waals surface area contributed by atoms with E-state index in [2.05, 4.69) is 15.5 Å². The molecule has 28 heavy (non-hydrogen) atoms. The zero-order valence-corrected chi connectivity index (χ0v) is 14.8. The smallest absolute Gasteiger partial charge is 0.337 e. The Hall–Kier alpha value is -2.91. The third-order valence-electron chi connectivity index (χ3n) is 5.16. The Kier molecular flexibility index (Phi) is 4.35. The number of rotatable bonds is 3. The van der Waals surface area contributed by atoms with Gasteiger partial charge in [-0.2, -0.15) is 18.2 Å². The van der Waals surface area contributed by atoms with E-state index in [0.29, 0.717) is 12.8 Å². The third-order valence-corrected chi connectivity index (χ3v) is 5.16. The Morgan fingerprint density at radius 2 is 1.93 bits per heavy atom. The molecule has 2 aliphatic rings. The van der Waals surface area contributed by atoms with Gasteiger partial charge in [0.1, 0.15) is 12.1 Å². The van der Waals surface area contributed by atoms with E-state index in [9.17, 15) is 22.8 Å². The van der Waals surface area contributed by atoms with Crippen molar-refractivity contribution in [3.63, 3.8) is 0 Å². The highest BCUT2D eigenvalue weighted by Crippen LogP contribution is 2.34. The molecule has 0 bridgehead atoms. The Bertz CT molecular complexity index is 919. The van der Waals surface area contributed by atoms with Crippen molar-refractivity contribution in [2.24, 2.45) is 0 Å². The topological polar surface area (TPSA) is 88.3 Å². The van der Waals surface area contributed by atoms with E-state index in [1.165, 1.54) is 12.1 Å². The van der Waals surface area contributed by atoms with Gasteiger partial charge in [-0.15, -0.1) is 0 Å². The predicted molar refractivity (Wildman–Crippen MR) is 89.6 cm³/mol. The number of nitrogens with zero attached hydrogens (tertiary/aromatic N) is 3. The van der Waals surface area contributed by atoms with Crippen molar-refractivity contribution in [3.8, 4) is 11.4 Å². The lowest BCUT2D eigenvalue weighted by molar-refractivity contribution is -0.137. The molecule has 1 aromatic heterocycles. The number of imide groups is 1. The number of urea groups is 1. The summed E-state index contributed by atoms with van der Waals surface area (Å²) >= 11 is 0. The highest BCUT2D eigenvalue weighted by atomic mass is 19.4. The fourth-order valence-corrected chi connectivity index (χ4v) is 3.72. The van der Waals surface area contributed by atoms with Gasteiger partial charge in [0, 0.05) is 5.56 Å². The molecule has 0 unspecified atom stereocenters. The number of carbonyl (C=O) groups is 2. The second-order valence-corrected chi connectivity index (χ2v) is 7.05. The van der Waals surface area contributed by atoms with Gasteiger partial charge in [0.2, 0.25) is 11.7 Å². The molecule has 1 aliphatic carbocycles. The molecule has 0 atom stereocenters. The van der Waals surface area contributed by atoms with Crippen LogP contribution in [0.1, 0.15) is 43.6 Å². The molecule has 1 saturated heterocycles. The first-order valence-corrected chi connectivity index (χ1v) is 8.93. The zero-order valence-electron chi connectivity index (χ0n) is 14.8. The molecule has 1 aromatic carbocycles. The summed E-state index contributed by atoms with van der Waals surface area (Å²) in [5, 5.41) is 6.46. The monoisotopic (exact) mass is 394 g/mol. The summed E-state index contributed by atoms with van der Waals surface area (Å²) < 4.78 is 43.7. The molecule has 1 spiro atoms. The lowest BCUT2D eigenvalue weighted by atomic mass is 9.82. The Balaban J connectivity index is 1.53. The van der Waals surface area contributed by atoms with Crippen molar-refractivity contribution in [2.45, 2.75) is 50.4 Å². The van der Waals surface area contributed by atoms with Gasteiger partial charge in [-0.25, -0.2) is 4.79 Å². The van der Waals surface area contributed by atoms with Gasteiger partial charge >= 0.3 is 12.2 Å². The number of halogens is 3. The maximum atomic E-state index is 12.9. The summed E-state index contributed by atoms with van der Waals surface area (Å²) in [5.41, 5.74) is -1.56. The van der Waals surface area contributed by atoms with Crippen molar-refractivity contribution in [1.29, 1.82) is 0 Å². The number of alkyl halides is 3. The first-order chi connectivity index (χ1) is 13.3. The Morgan fingerprint density at radius 1 is 1.18 bits per heavy atom. The Morgan fingerprint density at radius 3 is 2.64 bits per heavy atom. The third kappa shape index (κ3) is 3.23. The minimum absolute atomic E-state index is 0.0243. The van der Waals surface area contributed by atoms with Gasteiger partial charge in [-0.05, 0) is 25.0 Å². The van der Waals surface area contributed by atoms with E-state index in [-0.39, 0.29) is 29.7 Å². The quantitative estimate of drug-likeness (QED) is 0.805. The van der Waals surface area contributed by atoms with E-state index >= 15 is 0 Å². The minimum atomic E-state index is -4.49. The standard InChI is InChI=1S/C18H17F3N4O3/c19-18(20,21)12-6-4-5-11(9-12)14-22-13(28-24-14)10-25-15(26)17(23-16(25)27)7-2-1-3-8-17/h4-6,9H,1-3,7-8,10H2,(H,23,27). The maximum absolute atomic E-state index is 12.9. The molecule has 2 heterocycles. The number of nitrogens with one attached hydrogen (secondary N) is 1. The summed E-state index contributed by atoms with van der Waals surface area (Å²) in [6.07, 6.45) is -0.563. The lowest BCUT2D eigenvalue weighted by Gasteiger charge is -2.30. The number of amides is 3. The SMILES string of the molecule is O=C1NC2(CCCCC2)C(=O)N1Cc1nc(-c2cccc(C(F)(F)F)c2)no1. The van der Waals surface area contributed by atoms with Crippen molar-refractivity contribution >= 4 is 11.9 Å². The molecule has 2 fully saturated rings. The van der Waals surface area contributed by atoms with Crippen molar-refractivity contribution in [3.05, 3.63) is 35.7 Å². The summed E-state index contributed by atoms with van der Waals surface area (Å²) in [7, 11) is 0. The van der Waals surface area contributed by atoms with E-state index in [4.69, 9.17) is 4.52 Å². The number of hydrogen-bond donors (Lipinski definition) is 1. The normalized spacial score (nSPS) is 19.3. The zero-order chi connectivity index (χ0) is 19.9. The second-order valence-electron chi connectivity index (χ2n) is 7.05. The van der Waals surface area contributed by atoms with Crippen LogP contribution in [0, 0.1) is 0 Å². The number of hydrogen-bond acceptors (Lipinski definition) is 5. The highest BCUT2D eigenvalue weighted by molar-refractivity contribution is 6.06. The average molecular weight is 394 g/mol. The number of carbonyl (C=O) groups excluding carboxylic acids is 2. The molecule has 1 saturated carbocycles. The van der Waals surface area contributed by atoms with Crippen LogP contribution in [0.15, 0.2) is 28.8 Å². The van der Waals surface area contributed by atoms with E-state index < -0.39 is 23.3 Å². The fourth-order valence-electron chi connectivity index (χ4n) is 3.72. The average Bonchev–Trinajstić information content (AvgIpc) is 3.22. The van der Waals surface area contributed by atoms with Gasteiger partial charge in [-0.1, -0.05) is 36.6 Å². The molecule has 4 rings (SSSR count). The van der Waals surface area contributed by atoms with Crippen LogP contribution in [0.5, 0.6) is 0 Å². The molecule has 10 heteroatoms. The summed E-state index contributed by atoms with van der Waals surface area (Å²) in [6.45, 7) is -0.224. The van der Waals surface area contributed by atoms with Crippen LogP contribution in [0.3, 0.4) is 0 Å². The molecule has 148 valence electrons. The van der Waals surface area contributed by atoms with E-state index in [0.717, 1.165) is 36.3 Å². The molecule has 0 radical (unpaired) electrons. The highest BCUT2D eigenvalue weighted by Gasteiger charge is 2.51. The molecular formula is C18H17F3N4O3. The molecule has 1 aliphatic heterocycles. The molecule has 2 aromatic rings. The second kappa shape index (κ2) is 6.61. The van der Waals surface area contributed by atoms with Crippen LogP contribution >= 0.6 is 0 Å². The van der Waals surface area contributed by atoms with Gasteiger partial charge in [0.05, 0.1) is 5.56 Å². The molecule has 7 nitrogen and oxygen atoms in total. The fraction of sp³-hybridized carbons (Fsp3) is 0.444. The van der Waals surface area contributed by atoms with Crippen molar-refractivity contribution < 1.29 is 27.3 Å². The number of benzene rings is 1. The van der Waals surface area contributed by atoms with Crippen LogP contribution in [0.2, 0.25) is 0 Å². The van der Waals surface area contributed by atoms with Crippen LogP contribution in [-0.4, -0.2) is 32.5 Å². The summed E-state index contributed by atoms with van der Waals surface area (Å²) in [6, 6.07) is 4.01. The van der Waals surface area contributed by atoms with Crippen LogP contribution < -0.4 is 5.32 Å². The van der Waals surface area contributed by atoms with Gasteiger partial charge in [0.25, 0.3) is 5.91 Å². The first kappa shape index (κ1) is 18.5. The van der Waals surface area contributed by atoms with Crippen molar-refractivity contribution in [1.82, 2.24) is 20.4 Å². The van der Waals surface area contributed by atoms with Crippen LogP contribution in [0.4, 0.5) is 18.0 Å². The molecule has 1 N–H and O–H groups in total. The van der Waals surface area contributed by atoms with E-state index in [1.54, 1.807) is 0 Å². The van der Waals surface area contributed by atoms with Crippen LogP contribution in [0.25, 0.3) is 11.4 Å². The molecular weight excluding hydrogens is 377 g/mol. The summed E-state index contributed by atoms with van der Waals surface area (Å²) in [4.78, 5) is 30.1. The van der Waals surface area contributed by atoms with E-state index in [1.807, 2.05) is 0 Å². The van der Waals surface area contributed by atoms with Gasteiger partial charge in [0.15, 0.2) is 0 Å².